The van der Waals surface area contributed by atoms with Gasteiger partial charge in [-0.1, -0.05) is 24.3 Å². The quantitative estimate of drug-likeness (QED) is 0.670. The van der Waals surface area contributed by atoms with Gasteiger partial charge in [0.1, 0.15) is 17.2 Å². The van der Waals surface area contributed by atoms with Crippen LogP contribution in [-0.4, -0.2) is 25.7 Å². The molecule has 2 aromatic carbocycles. The van der Waals surface area contributed by atoms with E-state index in [1.807, 2.05) is 0 Å². The topological polar surface area (TPSA) is 59.4 Å². The molecule has 20 heavy (non-hydrogen) atoms. The summed E-state index contributed by atoms with van der Waals surface area (Å²) in [7, 11) is 3.01. The number of para-hydroxylation sites is 2. The van der Waals surface area contributed by atoms with Gasteiger partial charge in [-0.25, -0.2) is 0 Å². The Kier molecular flexibility index (Phi) is 4.15. The fourth-order valence-electron chi connectivity index (χ4n) is 1.94. The van der Waals surface area contributed by atoms with Crippen LogP contribution in [0, 0.1) is 5.41 Å². The number of carbonyl (C=O) groups excluding carboxylic acids is 1. The minimum Gasteiger partial charge on any atom is -0.496 e. The molecule has 0 unspecified atom stereocenters. The van der Waals surface area contributed by atoms with Gasteiger partial charge in [-0.15, -0.1) is 0 Å². The molecule has 0 amide bonds. The van der Waals surface area contributed by atoms with E-state index in [0.717, 1.165) is 0 Å². The summed E-state index contributed by atoms with van der Waals surface area (Å²) >= 11 is 0. The van der Waals surface area contributed by atoms with Crippen molar-refractivity contribution < 1.29 is 14.3 Å². The highest BCUT2D eigenvalue weighted by atomic mass is 16.5. The first kappa shape index (κ1) is 13.8. The zero-order valence-corrected chi connectivity index (χ0v) is 11.3. The molecule has 0 spiro atoms. The molecule has 4 nitrogen and oxygen atoms in total. The molecule has 0 aromatic heterocycles. The predicted octanol–water partition coefficient (Wildman–Crippen LogP) is 2.95. The van der Waals surface area contributed by atoms with E-state index in [4.69, 9.17) is 14.9 Å². The summed E-state index contributed by atoms with van der Waals surface area (Å²) in [4.78, 5) is 12.4. The first-order valence-corrected chi connectivity index (χ1v) is 6.08. The molecule has 0 aliphatic rings. The highest BCUT2D eigenvalue weighted by Gasteiger charge is 2.20. The molecule has 0 saturated heterocycles. The Labute approximate surface area is 117 Å². The molecule has 0 aliphatic carbocycles. The molecule has 0 bridgehead atoms. The Morgan fingerprint density at radius 3 is 1.85 bits per heavy atom. The summed E-state index contributed by atoms with van der Waals surface area (Å²) in [6, 6.07) is 13.8. The summed E-state index contributed by atoms with van der Waals surface area (Å²) in [5.74, 6) is 0.560. The number of benzene rings is 2. The average molecular weight is 269 g/mol. The number of ether oxygens (including phenoxy) is 2. The molecule has 0 saturated carbocycles. The second-order valence-corrected chi connectivity index (χ2v) is 4.10. The maximum absolute atomic E-state index is 12.4. The molecule has 2 rings (SSSR count). The highest BCUT2D eigenvalue weighted by molar-refractivity contribution is 6.51. The minimum atomic E-state index is -0.396. The zero-order valence-electron chi connectivity index (χ0n) is 11.3. The lowest BCUT2D eigenvalue weighted by atomic mass is 9.99. The van der Waals surface area contributed by atoms with Crippen molar-refractivity contribution in [1.29, 1.82) is 5.41 Å². The first-order valence-electron chi connectivity index (χ1n) is 6.08. The Balaban J connectivity index is 2.41. The second kappa shape index (κ2) is 6.02. The van der Waals surface area contributed by atoms with Crippen molar-refractivity contribution in [3.8, 4) is 11.5 Å². The molecule has 1 N–H and O–H groups in total. The molecule has 2 aromatic rings. The van der Waals surface area contributed by atoms with Crippen LogP contribution in [0.3, 0.4) is 0 Å². The SMILES string of the molecule is COc1ccccc1C(=N)C(=O)c1ccccc1OC. The summed E-state index contributed by atoms with van der Waals surface area (Å²) in [5, 5.41) is 8.10. The maximum Gasteiger partial charge on any atom is 0.215 e. The molecule has 4 heteroatoms. The van der Waals surface area contributed by atoms with Gasteiger partial charge in [0.25, 0.3) is 0 Å². The maximum atomic E-state index is 12.4. The van der Waals surface area contributed by atoms with Crippen molar-refractivity contribution in [3.63, 3.8) is 0 Å². The Morgan fingerprint density at radius 2 is 1.30 bits per heavy atom. The van der Waals surface area contributed by atoms with Crippen molar-refractivity contribution in [2.75, 3.05) is 14.2 Å². The van der Waals surface area contributed by atoms with E-state index in [1.54, 1.807) is 48.5 Å². The van der Waals surface area contributed by atoms with Gasteiger partial charge < -0.3 is 9.47 Å². The molecule has 0 atom stereocenters. The van der Waals surface area contributed by atoms with E-state index in [0.29, 0.717) is 22.6 Å². The van der Waals surface area contributed by atoms with E-state index < -0.39 is 5.78 Å². The highest BCUT2D eigenvalue weighted by Crippen LogP contribution is 2.23. The van der Waals surface area contributed by atoms with Gasteiger partial charge in [0.15, 0.2) is 0 Å². The second-order valence-electron chi connectivity index (χ2n) is 4.10. The van der Waals surface area contributed by atoms with Crippen LogP contribution in [0.25, 0.3) is 0 Å². The summed E-state index contributed by atoms with van der Waals surface area (Å²) in [5.41, 5.74) is 0.712. The van der Waals surface area contributed by atoms with Crippen molar-refractivity contribution in [2.24, 2.45) is 0 Å². The lowest BCUT2D eigenvalue weighted by molar-refractivity contribution is 0.106. The summed E-state index contributed by atoms with van der Waals surface area (Å²) in [6.45, 7) is 0. The summed E-state index contributed by atoms with van der Waals surface area (Å²) < 4.78 is 10.3. The standard InChI is InChI=1S/C16H15NO3/c1-19-13-9-5-3-7-11(13)15(17)16(18)12-8-4-6-10-14(12)20-2/h3-10,17H,1-2H3. The minimum absolute atomic E-state index is 0.119. The van der Waals surface area contributed by atoms with E-state index in [9.17, 15) is 4.79 Å². The third-order valence-corrected chi connectivity index (χ3v) is 2.95. The molecule has 0 heterocycles. The van der Waals surface area contributed by atoms with Crippen LogP contribution in [-0.2, 0) is 0 Å². The third kappa shape index (κ3) is 2.54. The van der Waals surface area contributed by atoms with E-state index in [2.05, 4.69) is 0 Å². The van der Waals surface area contributed by atoms with Crippen molar-refractivity contribution in [3.05, 3.63) is 59.7 Å². The van der Waals surface area contributed by atoms with Crippen molar-refractivity contribution >= 4 is 11.5 Å². The zero-order chi connectivity index (χ0) is 14.5. The average Bonchev–Trinajstić information content (AvgIpc) is 2.53. The number of Topliss-reactive ketones (excluding diaryl/α,β-unsaturated/α-hetero) is 1. The largest absolute Gasteiger partial charge is 0.496 e. The Morgan fingerprint density at radius 1 is 0.850 bits per heavy atom. The fraction of sp³-hybridized carbons (Fsp3) is 0.125. The van der Waals surface area contributed by atoms with Crippen molar-refractivity contribution in [1.82, 2.24) is 0 Å². The van der Waals surface area contributed by atoms with E-state index in [-0.39, 0.29) is 5.71 Å². The van der Waals surface area contributed by atoms with Gasteiger partial charge in [-0.3, -0.25) is 10.2 Å². The number of hydrogen-bond donors (Lipinski definition) is 1. The van der Waals surface area contributed by atoms with Gasteiger partial charge in [0.05, 0.1) is 19.8 Å². The van der Waals surface area contributed by atoms with Gasteiger partial charge in [0, 0.05) is 5.56 Å². The lowest BCUT2D eigenvalue weighted by Gasteiger charge is -2.10. The van der Waals surface area contributed by atoms with Gasteiger partial charge in [0.2, 0.25) is 5.78 Å². The molecule has 0 fully saturated rings. The first-order chi connectivity index (χ1) is 9.69. The number of carbonyl (C=O) groups is 1. The lowest BCUT2D eigenvalue weighted by Crippen LogP contribution is -2.16. The number of ketones is 1. The van der Waals surface area contributed by atoms with Gasteiger partial charge in [-0.05, 0) is 24.3 Å². The van der Waals surface area contributed by atoms with Crippen LogP contribution in [0.2, 0.25) is 0 Å². The molecular weight excluding hydrogens is 254 g/mol. The summed E-state index contributed by atoms with van der Waals surface area (Å²) in [6.07, 6.45) is 0. The van der Waals surface area contributed by atoms with Crippen LogP contribution in [0.1, 0.15) is 15.9 Å². The van der Waals surface area contributed by atoms with Crippen molar-refractivity contribution in [2.45, 2.75) is 0 Å². The predicted molar refractivity (Wildman–Crippen MR) is 77.1 cm³/mol. The normalized spacial score (nSPS) is 9.90. The van der Waals surface area contributed by atoms with Crippen LogP contribution >= 0.6 is 0 Å². The van der Waals surface area contributed by atoms with Crippen LogP contribution in [0.4, 0.5) is 0 Å². The third-order valence-electron chi connectivity index (χ3n) is 2.95. The number of hydrogen-bond acceptors (Lipinski definition) is 4. The van der Waals surface area contributed by atoms with Crippen LogP contribution in [0.15, 0.2) is 48.5 Å². The number of methoxy groups -OCH3 is 2. The number of rotatable bonds is 5. The van der Waals surface area contributed by atoms with Gasteiger partial charge >= 0.3 is 0 Å². The smallest absolute Gasteiger partial charge is 0.215 e. The molecular formula is C16H15NO3. The molecule has 102 valence electrons. The Hall–Kier alpha value is -2.62. The van der Waals surface area contributed by atoms with E-state index >= 15 is 0 Å². The van der Waals surface area contributed by atoms with Crippen LogP contribution < -0.4 is 9.47 Å². The molecule has 0 aliphatic heterocycles. The molecule has 0 radical (unpaired) electrons. The van der Waals surface area contributed by atoms with Gasteiger partial charge in [-0.2, -0.15) is 0 Å². The van der Waals surface area contributed by atoms with E-state index in [1.165, 1.54) is 14.2 Å². The number of nitrogens with one attached hydrogen (secondary N) is 1. The Bertz CT molecular complexity index is 592. The fourth-order valence-corrected chi connectivity index (χ4v) is 1.94. The monoisotopic (exact) mass is 269 g/mol. The van der Waals surface area contributed by atoms with Crippen LogP contribution in [0.5, 0.6) is 11.5 Å².